The standard InChI is InChI=1S/C18H38N2/c1-7-9-16-10-8-12-20(13-11-16)17(15(2)3)14-19-18(4,5)6/h15-17,19H,7-14H2,1-6H3. The minimum absolute atomic E-state index is 0.226. The number of hydrogen-bond donors (Lipinski definition) is 1. The van der Waals surface area contributed by atoms with Gasteiger partial charge >= 0.3 is 0 Å². The van der Waals surface area contributed by atoms with Crippen LogP contribution in [0.15, 0.2) is 0 Å². The van der Waals surface area contributed by atoms with Crippen molar-refractivity contribution in [2.45, 2.75) is 85.2 Å². The number of rotatable bonds is 6. The zero-order valence-electron chi connectivity index (χ0n) is 14.8. The predicted molar refractivity (Wildman–Crippen MR) is 90.2 cm³/mol. The topological polar surface area (TPSA) is 15.3 Å². The van der Waals surface area contributed by atoms with Crippen LogP contribution in [0.4, 0.5) is 0 Å². The van der Waals surface area contributed by atoms with E-state index in [-0.39, 0.29) is 5.54 Å². The van der Waals surface area contributed by atoms with Crippen LogP contribution in [-0.2, 0) is 0 Å². The molecule has 2 atom stereocenters. The van der Waals surface area contributed by atoms with Crippen molar-refractivity contribution in [1.29, 1.82) is 0 Å². The van der Waals surface area contributed by atoms with Gasteiger partial charge in [0.2, 0.25) is 0 Å². The second-order valence-electron chi connectivity index (χ2n) is 8.06. The maximum absolute atomic E-state index is 3.72. The average Bonchev–Trinajstić information content (AvgIpc) is 2.54. The molecule has 1 aliphatic rings. The maximum Gasteiger partial charge on any atom is 0.0243 e. The van der Waals surface area contributed by atoms with Crippen molar-refractivity contribution < 1.29 is 0 Å². The van der Waals surface area contributed by atoms with Gasteiger partial charge in [-0.05, 0) is 65.0 Å². The van der Waals surface area contributed by atoms with Crippen molar-refractivity contribution in [1.82, 2.24) is 10.2 Å². The third-order valence-electron chi connectivity index (χ3n) is 4.66. The minimum Gasteiger partial charge on any atom is -0.311 e. The van der Waals surface area contributed by atoms with E-state index >= 15 is 0 Å². The fourth-order valence-electron chi connectivity index (χ4n) is 3.41. The summed E-state index contributed by atoms with van der Waals surface area (Å²) in [4.78, 5) is 2.76. The van der Waals surface area contributed by atoms with Crippen LogP contribution in [0.25, 0.3) is 0 Å². The molecule has 1 aliphatic heterocycles. The smallest absolute Gasteiger partial charge is 0.0243 e. The van der Waals surface area contributed by atoms with E-state index in [4.69, 9.17) is 0 Å². The third kappa shape index (κ3) is 6.58. The van der Waals surface area contributed by atoms with Gasteiger partial charge in [-0.15, -0.1) is 0 Å². The minimum atomic E-state index is 0.226. The van der Waals surface area contributed by atoms with Gasteiger partial charge in [0.15, 0.2) is 0 Å². The van der Waals surface area contributed by atoms with E-state index in [1.54, 1.807) is 0 Å². The van der Waals surface area contributed by atoms with Gasteiger partial charge in [0.1, 0.15) is 0 Å². The summed E-state index contributed by atoms with van der Waals surface area (Å²) in [5, 5.41) is 3.72. The van der Waals surface area contributed by atoms with Crippen LogP contribution in [0.5, 0.6) is 0 Å². The van der Waals surface area contributed by atoms with Crippen molar-refractivity contribution in [3.8, 4) is 0 Å². The number of nitrogens with zero attached hydrogens (tertiary/aromatic N) is 1. The van der Waals surface area contributed by atoms with Gasteiger partial charge in [0, 0.05) is 18.1 Å². The van der Waals surface area contributed by atoms with Crippen molar-refractivity contribution in [2.75, 3.05) is 19.6 Å². The van der Waals surface area contributed by atoms with Crippen LogP contribution in [0.1, 0.15) is 73.6 Å². The van der Waals surface area contributed by atoms with Gasteiger partial charge in [0.25, 0.3) is 0 Å². The van der Waals surface area contributed by atoms with Crippen LogP contribution in [0.2, 0.25) is 0 Å². The molecule has 2 heteroatoms. The Morgan fingerprint density at radius 3 is 2.40 bits per heavy atom. The van der Waals surface area contributed by atoms with Crippen molar-refractivity contribution in [2.24, 2.45) is 11.8 Å². The van der Waals surface area contributed by atoms with Gasteiger partial charge in [-0.2, -0.15) is 0 Å². The summed E-state index contributed by atoms with van der Waals surface area (Å²) in [5.41, 5.74) is 0.226. The Balaban J connectivity index is 2.54. The molecule has 1 rings (SSSR count). The summed E-state index contributed by atoms with van der Waals surface area (Å²) in [5.74, 6) is 1.71. The number of hydrogen-bond acceptors (Lipinski definition) is 2. The first-order chi connectivity index (χ1) is 9.33. The van der Waals surface area contributed by atoms with Crippen LogP contribution in [-0.4, -0.2) is 36.1 Å². The molecule has 120 valence electrons. The third-order valence-corrected chi connectivity index (χ3v) is 4.66. The Labute approximate surface area is 127 Å². The Kier molecular flexibility index (Phi) is 7.53. The van der Waals surface area contributed by atoms with Crippen LogP contribution in [0, 0.1) is 11.8 Å². The molecule has 0 aromatic heterocycles. The lowest BCUT2D eigenvalue weighted by molar-refractivity contribution is 0.147. The predicted octanol–water partition coefficient (Wildman–Crippen LogP) is 4.30. The van der Waals surface area contributed by atoms with Crippen LogP contribution < -0.4 is 5.32 Å². The molecule has 0 saturated carbocycles. The summed E-state index contributed by atoms with van der Waals surface area (Å²) < 4.78 is 0. The molecule has 1 heterocycles. The van der Waals surface area contributed by atoms with Crippen molar-refractivity contribution in [3.63, 3.8) is 0 Å². The average molecular weight is 283 g/mol. The highest BCUT2D eigenvalue weighted by molar-refractivity contribution is 4.83. The van der Waals surface area contributed by atoms with E-state index < -0.39 is 0 Å². The van der Waals surface area contributed by atoms with E-state index in [0.29, 0.717) is 6.04 Å². The van der Waals surface area contributed by atoms with E-state index in [0.717, 1.165) is 18.4 Å². The summed E-state index contributed by atoms with van der Waals surface area (Å²) in [6.45, 7) is 17.6. The first-order valence-corrected chi connectivity index (χ1v) is 8.82. The summed E-state index contributed by atoms with van der Waals surface area (Å²) in [6.07, 6.45) is 7.03. The molecule has 0 radical (unpaired) electrons. The lowest BCUT2D eigenvalue weighted by Crippen LogP contribution is -2.50. The summed E-state index contributed by atoms with van der Waals surface area (Å²) >= 11 is 0. The highest BCUT2D eigenvalue weighted by atomic mass is 15.2. The molecule has 0 amide bonds. The molecule has 0 bridgehead atoms. The van der Waals surface area contributed by atoms with Gasteiger partial charge in [0.05, 0.1) is 0 Å². The second-order valence-corrected chi connectivity index (χ2v) is 8.06. The largest absolute Gasteiger partial charge is 0.311 e. The summed E-state index contributed by atoms with van der Waals surface area (Å²) in [6, 6.07) is 0.689. The molecule has 2 unspecified atom stereocenters. The monoisotopic (exact) mass is 282 g/mol. The van der Waals surface area contributed by atoms with Crippen LogP contribution >= 0.6 is 0 Å². The molecule has 1 N–H and O–H groups in total. The summed E-state index contributed by atoms with van der Waals surface area (Å²) in [7, 11) is 0. The lowest BCUT2D eigenvalue weighted by Gasteiger charge is -2.36. The molecule has 0 aliphatic carbocycles. The quantitative estimate of drug-likeness (QED) is 0.781. The highest BCUT2D eigenvalue weighted by Gasteiger charge is 2.26. The maximum atomic E-state index is 3.72. The van der Waals surface area contributed by atoms with Gasteiger partial charge in [-0.1, -0.05) is 33.6 Å². The zero-order chi connectivity index (χ0) is 15.2. The van der Waals surface area contributed by atoms with Gasteiger partial charge in [-0.3, -0.25) is 4.90 Å². The Hall–Kier alpha value is -0.0800. The van der Waals surface area contributed by atoms with Crippen LogP contribution in [0.3, 0.4) is 0 Å². The molecular weight excluding hydrogens is 244 g/mol. The van der Waals surface area contributed by atoms with E-state index in [2.05, 4.69) is 51.8 Å². The first-order valence-electron chi connectivity index (χ1n) is 8.82. The highest BCUT2D eigenvalue weighted by Crippen LogP contribution is 2.24. The Morgan fingerprint density at radius 2 is 1.85 bits per heavy atom. The van der Waals surface area contributed by atoms with Crippen molar-refractivity contribution >= 4 is 0 Å². The fraction of sp³-hybridized carbons (Fsp3) is 1.00. The van der Waals surface area contributed by atoms with E-state index in [1.807, 2.05) is 0 Å². The molecular formula is C18H38N2. The lowest BCUT2D eigenvalue weighted by atomic mass is 9.96. The Bertz CT molecular complexity index is 255. The SMILES string of the molecule is CCCC1CCCN(C(CNC(C)(C)C)C(C)C)CC1. The Morgan fingerprint density at radius 1 is 1.15 bits per heavy atom. The number of likely N-dealkylation sites (tertiary alicyclic amines) is 1. The van der Waals surface area contributed by atoms with E-state index in [9.17, 15) is 0 Å². The van der Waals surface area contributed by atoms with Gasteiger partial charge < -0.3 is 5.32 Å². The van der Waals surface area contributed by atoms with Gasteiger partial charge in [-0.25, -0.2) is 0 Å². The second kappa shape index (κ2) is 8.38. The van der Waals surface area contributed by atoms with E-state index in [1.165, 1.54) is 45.2 Å². The molecule has 0 spiro atoms. The normalized spacial score (nSPS) is 23.9. The fourth-order valence-corrected chi connectivity index (χ4v) is 3.41. The number of nitrogens with one attached hydrogen (secondary N) is 1. The molecule has 0 aromatic rings. The molecule has 0 aromatic carbocycles. The van der Waals surface area contributed by atoms with Crippen molar-refractivity contribution in [3.05, 3.63) is 0 Å². The zero-order valence-corrected chi connectivity index (χ0v) is 14.8. The first kappa shape index (κ1) is 18.0. The molecule has 1 saturated heterocycles. The molecule has 20 heavy (non-hydrogen) atoms. The molecule has 2 nitrogen and oxygen atoms in total. The molecule has 1 fully saturated rings.